The minimum atomic E-state index is -0.799. The molecule has 3 aromatic carbocycles. The number of fused-ring (bicyclic) bond motifs is 1. The Morgan fingerprint density at radius 1 is 0.889 bits per heavy atom. The van der Waals surface area contributed by atoms with E-state index in [4.69, 9.17) is 28.2 Å². The molecule has 0 bridgehead atoms. The number of nitrogens with zero attached hydrogens (tertiary/aromatic N) is 1. The molecule has 0 aromatic heterocycles. The predicted molar refractivity (Wildman–Crippen MR) is 111 cm³/mol. The lowest BCUT2D eigenvalue weighted by Gasteiger charge is -2.14. The fourth-order valence-electron chi connectivity index (χ4n) is 2.91. The van der Waals surface area contributed by atoms with Crippen LogP contribution in [-0.2, 0) is 4.79 Å². The van der Waals surface area contributed by atoms with Gasteiger partial charge in [-0.15, -0.1) is 0 Å². The molecular weight excluding hydrogens is 381 g/mol. The minimum absolute atomic E-state index is 0.251. The molecule has 1 unspecified atom stereocenters. The monoisotopic (exact) mass is 395 g/mol. The molecule has 0 saturated carbocycles. The van der Waals surface area contributed by atoms with Crippen molar-refractivity contribution in [2.24, 2.45) is 4.99 Å². The molecule has 134 valence electrons. The number of rotatable bonds is 3. The molecule has 0 fully saturated rings. The fourth-order valence-corrected chi connectivity index (χ4v) is 3.21. The molecule has 4 rings (SSSR count). The average molecular weight is 396 g/mol. The zero-order valence-electron chi connectivity index (χ0n) is 14.1. The number of carbonyl (C=O) groups excluding carboxylic acids is 1. The first-order chi connectivity index (χ1) is 13.1. The van der Waals surface area contributed by atoms with Crippen LogP contribution in [0.1, 0.15) is 11.1 Å². The van der Waals surface area contributed by atoms with Crippen molar-refractivity contribution in [2.45, 2.75) is 6.17 Å². The maximum absolute atomic E-state index is 12.8. The predicted octanol–water partition coefficient (Wildman–Crippen LogP) is 5.22. The van der Waals surface area contributed by atoms with Crippen LogP contribution in [0.5, 0.6) is 0 Å². The van der Waals surface area contributed by atoms with E-state index in [1.807, 2.05) is 48.5 Å². The number of benzodiazepines with no additional fused rings is 1. The van der Waals surface area contributed by atoms with E-state index in [9.17, 15) is 4.79 Å². The molecule has 1 atom stereocenters. The van der Waals surface area contributed by atoms with Crippen molar-refractivity contribution >= 4 is 46.2 Å². The van der Waals surface area contributed by atoms with Crippen LogP contribution in [0.4, 0.5) is 11.4 Å². The summed E-state index contributed by atoms with van der Waals surface area (Å²) in [6, 6.07) is 22.2. The first-order valence-corrected chi connectivity index (χ1v) is 9.12. The Morgan fingerprint density at radius 2 is 1.59 bits per heavy atom. The quantitative estimate of drug-likeness (QED) is 0.638. The second-order valence-corrected chi connectivity index (χ2v) is 6.95. The van der Waals surface area contributed by atoms with E-state index in [2.05, 4.69) is 10.6 Å². The Morgan fingerprint density at radius 3 is 2.33 bits per heavy atom. The number of halogens is 2. The number of hydrogen-bond acceptors (Lipinski definition) is 3. The van der Waals surface area contributed by atoms with Crippen molar-refractivity contribution in [1.29, 1.82) is 0 Å². The zero-order chi connectivity index (χ0) is 18.8. The van der Waals surface area contributed by atoms with E-state index in [0.717, 1.165) is 16.8 Å². The maximum atomic E-state index is 12.8. The molecule has 1 amide bonds. The SMILES string of the molecule is O=C1Nc2ccc(Cl)cc2C(c2ccccc2)=NC1Nc1ccc(Cl)cc1. The summed E-state index contributed by atoms with van der Waals surface area (Å²) in [6.45, 7) is 0. The Kier molecular flexibility index (Phi) is 4.84. The van der Waals surface area contributed by atoms with Crippen molar-refractivity contribution in [1.82, 2.24) is 0 Å². The summed E-state index contributed by atoms with van der Waals surface area (Å²) < 4.78 is 0. The number of amides is 1. The van der Waals surface area contributed by atoms with Crippen molar-refractivity contribution in [2.75, 3.05) is 10.6 Å². The smallest absolute Gasteiger partial charge is 0.269 e. The maximum Gasteiger partial charge on any atom is 0.269 e. The van der Waals surface area contributed by atoms with Gasteiger partial charge in [-0.3, -0.25) is 4.79 Å². The van der Waals surface area contributed by atoms with E-state index in [1.54, 1.807) is 24.3 Å². The van der Waals surface area contributed by atoms with Gasteiger partial charge in [0, 0.05) is 26.9 Å². The highest BCUT2D eigenvalue weighted by Crippen LogP contribution is 2.27. The summed E-state index contributed by atoms with van der Waals surface area (Å²) in [4.78, 5) is 17.5. The van der Waals surface area contributed by atoms with Crippen LogP contribution in [0.25, 0.3) is 0 Å². The molecule has 1 aliphatic heterocycles. The second-order valence-electron chi connectivity index (χ2n) is 6.08. The highest BCUT2D eigenvalue weighted by molar-refractivity contribution is 6.32. The lowest BCUT2D eigenvalue weighted by atomic mass is 10.0. The Hall–Kier alpha value is -2.82. The summed E-state index contributed by atoms with van der Waals surface area (Å²) in [5.74, 6) is -0.251. The van der Waals surface area contributed by atoms with Gasteiger partial charge in [0.25, 0.3) is 5.91 Å². The van der Waals surface area contributed by atoms with E-state index in [1.165, 1.54) is 0 Å². The Bertz CT molecular complexity index is 1020. The Labute approximate surface area is 166 Å². The first-order valence-electron chi connectivity index (χ1n) is 8.36. The second kappa shape index (κ2) is 7.43. The summed E-state index contributed by atoms with van der Waals surface area (Å²) in [5, 5.41) is 7.29. The Balaban J connectivity index is 1.80. The zero-order valence-corrected chi connectivity index (χ0v) is 15.6. The number of hydrogen-bond donors (Lipinski definition) is 2. The van der Waals surface area contributed by atoms with Crippen molar-refractivity contribution in [3.05, 3.63) is 94.0 Å². The van der Waals surface area contributed by atoms with Crippen LogP contribution < -0.4 is 10.6 Å². The van der Waals surface area contributed by atoms with Crippen LogP contribution in [-0.4, -0.2) is 17.8 Å². The van der Waals surface area contributed by atoms with Crippen LogP contribution in [0, 0.1) is 0 Å². The van der Waals surface area contributed by atoms with Gasteiger partial charge in [-0.05, 0) is 42.5 Å². The van der Waals surface area contributed by atoms with E-state index in [-0.39, 0.29) is 5.91 Å². The first kappa shape index (κ1) is 17.6. The third-order valence-electron chi connectivity index (χ3n) is 4.20. The van der Waals surface area contributed by atoms with Crippen LogP contribution in [0.3, 0.4) is 0 Å². The lowest BCUT2D eigenvalue weighted by molar-refractivity contribution is -0.116. The highest BCUT2D eigenvalue weighted by Gasteiger charge is 2.26. The standard InChI is InChI=1S/C21H15Cl2N3O/c22-14-6-9-16(10-7-14)24-20-21(27)25-18-11-8-15(23)12-17(18)19(26-20)13-4-2-1-3-5-13/h1-12,20,24H,(H,25,27). The van der Waals surface area contributed by atoms with Gasteiger partial charge in [-0.1, -0.05) is 53.5 Å². The molecular formula is C21H15Cl2N3O. The number of carbonyl (C=O) groups is 1. The van der Waals surface area contributed by atoms with Gasteiger partial charge < -0.3 is 10.6 Å². The lowest BCUT2D eigenvalue weighted by Crippen LogP contribution is -2.32. The van der Waals surface area contributed by atoms with Crippen LogP contribution in [0.2, 0.25) is 10.0 Å². The van der Waals surface area contributed by atoms with Crippen LogP contribution in [0.15, 0.2) is 77.8 Å². The number of aliphatic imine (C=N–C) groups is 1. The molecule has 2 N–H and O–H groups in total. The van der Waals surface area contributed by atoms with E-state index in [0.29, 0.717) is 21.4 Å². The van der Waals surface area contributed by atoms with E-state index < -0.39 is 6.17 Å². The third kappa shape index (κ3) is 3.82. The van der Waals surface area contributed by atoms with Gasteiger partial charge in [0.1, 0.15) is 0 Å². The van der Waals surface area contributed by atoms with Gasteiger partial charge in [0.2, 0.25) is 0 Å². The summed E-state index contributed by atoms with van der Waals surface area (Å²) >= 11 is 12.1. The normalized spacial score (nSPS) is 16.0. The van der Waals surface area contributed by atoms with Gasteiger partial charge >= 0.3 is 0 Å². The minimum Gasteiger partial charge on any atom is -0.356 e. The highest BCUT2D eigenvalue weighted by atomic mass is 35.5. The third-order valence-corrected chi connectivity index (χ3v) is 4.68. The molecule has 0 spiro atoms. The van der Waals surface area contributed by atoms with Gasteiger partial charge in [0.15, 0.2) is 6.17 Å². The summed E-state index contributed by atoms with van der Waals surface area (Å²) in [5.41, 5.74) is 3.80. The fraction of sp³-hybridized carbons (Fsp3) is 0.0476. The molecule has 3 aromatic rings. The molecule has 0 saturated heterocycles. The molecule has 0 aliphatic carbocycles. The van der Waals surface area contributed by atoms with E-state index >= 15 is 0 Å². The van der Waals surface area contributed by atoms with Crippen LogP contribution >= 0.6 is 23.2 Å². The van der Waals surface area contributed by atoms with Gasteiger partial charge in [-0.2, -0.15) is 0 Å². The molecule has 1 heterocycles. The number of anilines is 2. The molecule has 4 nitrogen and oxygen atoms in total. The number of nitrogens with one attached hydrogen (secondary N) is 2. The average Bonchev–Trinajstić information content (AvgIpc) is 2.81. The molecule has 6 heteroatoms. The molecule has 0 radical (unpaired) electrons. The van der Waals surface area contributed by atoms with Gasteiger partial charge in [0.05, 0.1) is 11.4 Å². The largest absolute Gasteiger partial charge is 0.356 e. The summed E-state index contributed by atoms with van der Waals surface area (Å²) in [6.07, 6.45) is -0.799. The van der Waals surface area contributed by atoms with Crippen molar-refractivity contribution in [3.63, 3.8) is 0 Å². The topological polar surface area (TPSA) is 53.5 Å². The van der Waals surface area contributed by atoms with Crippen molar-refractivity contribution < 1.29 is 4.79 Å². The van der Waals surface area contributed by atoms with Crippen molar-refractivity contribution in [3.8, 4) is 0 Å². The summed E-state index contributed by atoms with van der Waals surface area (Å²) in [7, 11) is 0. The molecule has 1 aliphatic rings. The molecule has 27 heavy (non-hydrogen) atoms. The number of benzene rings is 3. The van der Waals surface area contributed by atoms with Gasteiger partial charge in [-0.25, -0.2) is 4.99 Å².